The number of hydrogen-bond acceptors (Lipinski definition) is 2. The summed E-state index contributed by atoms with van der Waals surface area (Å²) in [4.78, 5) is 21.2. The lowest BCUT2D eigenvalue weighted by atomic mass is 10.3. The van der Waals surface area contributed by atoms with E-state index in [9.17, 15) is 22.8 Å². The maximum atomic E-state index is 11.9. The number of aldehydes is 1. The van der Waals surface area contributed by atoms with Crippen LogP contribution in [0.4, 0.5) is 13.2 Å². The molecular formula is C8H6F3NO2. The third-order valence-electron chi connectivity index (χ3n) is 1.49. The Morgan fingerprint density at radius 3 is 2.50 bits per heavy atom. The SMILES string of the molecule is O=Cc1ccc(=O)n(CC(F)(F)F)c1. The second kappa shape index (κ2) is 3.65. The fraction of sp³-hybridized carbons (Fsp3) is 0.250. The van der Waals surface area contributed by atoms with E-state index < -0.39 is 18.3 Å². The smallest absolute Gasteiger partial charge is 0.306 e. The lowest BCUT2D eigenvalue weighted by Crippen LogP contribution is -2.27. The van der Waals surface area contributed by atoms with Gasteiger partial charge in [-0.05, 0) is 6.07 Å². The summed E-state index contributed by atoms with van der Waals surface area (Å²) in [5.74, 6) is 0. The molecule has 0 aliphatic rings. The van der Waals surface area contributed by atoms with E-state index in [1.54, 1.807) is 0 Å². The Balaban J connectivity index is 3.07. The second-order valence-electron chi connectivity index (χ2n) is 2.66. The van der Waals surface area contributed by atoms with Crippen molar-refractivity contribution in [2.75, 3.05) is 0 Å². The molecule has 1 rings (SSSR count). The predicted octanol–water partition coefficient (Wildman–Crippen LogP) is 1.22. The number of pyridine rings is 1. The van der Waals surface area contributed by atoms with Crippen LogP contribution in [0.1, 0.15) is 10.4 Å². The van der Waals surface area contributed by atoms with E-state index in [2.05, 4.69) is 0 Å². The van der Waals surface area contributed by atoms with Crippen LogP contribution in [0.2, 0.25) is 0 Å². The van der Waals surface area contributed by atoms with Gasteiger partial charge in [-0.2, -0.15) is 13.2 Å². The van der Waals surface area contributed by atoms with Crippen molar-refractivity contribution in [2.45, 2.75) is 12.7 Å². The zero-order chi connectivity index (χ0) is 10.8. The van der Waals surface area contributed by atoms with Crippen molar-refractivity contribution in [3.8, 4) is 0 Å². The van der Waals surface area contributed by atoms with Gasteiger partial charge in [0.15, 0.2) is 6.29 Å². The molecule has 76 valence electrons. The van der Waals surface area contributed by atoms with Crippen molar-refractivity contribution in [3.05, 3.63) is 34.2 Å². The summed E-state index contributed by atoms with van der Waals surface area (Å²) in [5, 5.41) is 0. The summed E-state index contributed by atoms with van der Waals surface area (Å²) in [6, 6.07) is 2.09. The number of carbonyl (C=O) groups is 1. The summed E-state index contributed by atoms with van der Waals surface area (Å²) in [6.07, 6.45) is -3.21. The predicted molar refractivity (Wildman–Crippen MR) is 42.1 cm³/mol. The van der Waals surface area contributed by atoms with Crippen LogP contribution in [-0.4, -0.2) is 17.0 Å². The minimum atomic E-state index is -4.47. The molecule has 0 spiro atoms. The molecule has 0 fully saturated rings. The highest BCUT2D eigenvalue weighted by molar-refractivity contribution is 5.73. The van der Waals surface area contributed by atoms with Crippen molar-refractivity contribution in [1.29, 1.82) is 0 Å². The van der Waals surface area contributed by atoms with Crippen LogP contribution in [0.25, 0.3) is 0 Å². The van der Waals surface area contributed by atoms with Crippen LogP contribution in [0, 0.1) is 0 Å². The maximum absolute atomic E-state index is 11.9. The van der Waals surface area contributed by atoms with Gasteiger partial charge in [-0.25, -0.2) is 0 Å². The first-order valence-corrected chi connectivity index (χ1v) is 3.65. The summed E-state index contributed by atoms with van der Waals surface area (Å²) >= 11 is 0. The minimum Gasteiger partial charge on any atom is -0.306 e. The van der Waals surface area contributed by atoms with Gasteiger partial charge in [-0.15, -0.1) is 0 Å². The highest BCUT2D eigenvalue weighted by Gasteiger charge is 2.28. The molecule has 0 amide bonds. The van der Waals surface area contributed by atoms with Crippen LogP contribution in [0.5, 0.6) is 0 Å². The molecule has 1 aromatic heterocycles. The van der Waals surface area contributed by atoms with Gasteiger partial charge >= 0.3 is 6.18 Å². The molecule has 0 aliphatic carbocycles. The van der Waals surface area contributed by atoms with Crippen molar-refractivity contribution < 1.29 is 18.0 Å². The first-order chi connectivity index (χ1) is 6.42. The lowest BCUT2D eigenvalue weighted by molar-refractivity contribution is -0.141. The molecule has 1 aromatic rings. The number of nitrogens with zero attached hydrogens (tertiary/aromatic N) is 1. The van der Waals surface area contributed by atoms with Gasteiger partial charge in [0.2, 0.25) is 0 Å². The van der Waals surface area contributed by atoms with Gasteiger partial charge in [0.25, 0.3) is 5.56 Å². The molecule has 0 bridgehead atoms. The number of halogens is 3. The Morgan fingerprint density at radius 1 is 1.36 bits per heavy atom. The van der Waals surface area contributed by atoms with Gasteiger partial charge in [0.05, 0.1) is 0 Å². The number of rotatable bonds is 2. The van der Waals surface area contributed by atoms with Crippen molar-refractivity contribution >= 4 is 6.29 Å². The summed E-state index contributed by atoms with van der Waals surface area (Å²) in [6.45, 7) is -1.38. The Kier molecular flexibility index (Phi) is 2.73. The summed E-state index contributed by atoms with van der Waals surface area (Å²) < 4.78 is 36.2. The molecule has 0 aliphatic heterocycles. The second-order valence-corrected chi connectivity index (χ2v) is 2.66. The van der Waals surface area contributed by atoms with Crippen LogP contribution in [0.3, 0.4) is 0 Å². The lowest BCUT2D eigenvalue weighted by Gasteiger charge is -2.08. The molecule has 0 radical (unpaired) electrons. The number of aromatic nitrogens is 1. The molecule has 1 heterocycles. The monoisotopic (exact) mass is 205 g/mol. The molecule has 3 nitrogen and oxygen atoms in total. The van der Waals surface area contributed by atoms with E-state index >= 15 is 0 Å². The van der Waals surface area contributed by atoms with E-state index in [0.29, 0.717) is 10.9 Å². The average molecular weight is 205 g/mol. The molecule has 6 heteroatoms. The first-order valence-electron chi connectivity index (χ1n) is 3.65. The van der Waals surface area contributed by atoms with Crippen molar-refractivity contribution in [3.63, 3.8) is 0 Å². The van der Waals surface area contributed by atoms with E-state index in [1.165, 1.54) is 6.07 Å². The first kappa shape index (κ1) is 10.5. The van der Waals surface area contributed by atoms with Crippen molar-refractivity contribution in [2.24, 2.45) is 0 Å². The number of hydrogen-bond donors (Lipinski definition) is 0. The van der Waals surface area contributed by atoms with Crippen LogP contribution >= 0.6 is 0 Å². The third-order valence-corrected chi connectivity index (χ3v) is 1.49. The minimum absolute atomic E-state index is 0.0360. The largest absolute Gasteiger partial charge is 0.406 e. The average Bonchev–Trinajstić information content (AvgIpc) is 2.06. The molecule has 0 unspecified atom stereocenters. The zero-order valence-corrected chi connectivity index (χ0v) is 6.91. The Labute approximate surface area is 76.8 Å². The highest BCUT2D eigenvalue weighted by Crippen LogP contribution is 2.16. The topological polar surface area (TPSA) is 39.1 Å². The van der Waals surface area contributed by atoms with Gasteiger partial charge in [0.1, 0.15) is 6.54 Å². The molecule has 0 aromatic carbocycles. The third kappa shape index (κ3) is 2.72. The fourth-order valence-corrected chi connectivity index (χ4v) is 0.936. The fourth-order valence-electron chi connectivity index (χ4n) is 0.936. The van der Waals surface area contributed by atoms with Crippen LogP contribution in [-0.2, 0) is 6.54 Å². The quantitative estimate of drug-likeness (QED) is 0.681. The maximum Gasteiger partial charge on any atom is 0.406 e. The Bertz CT molecular complexity index is 394. The van der Waals surface area contributed by atoms with E-state index in [1.807, 2.05) is 0 Å². The van der Waals surface area contributed by atoms with E-state index in [-0.39, 0.29) is 5.56 Å². The van der Waals surface area contributed by atoms with E-state index in [0.717, 1.165) is 12.3 Å². The summed E-state index contributed by atoms with van der Waals surface area (Å²) in [7, 11) is 0. The van der Waals surface area contributed by atoms with Crippen LogP contribution < -0.4 is 5.56 Å². The number of carbonyl (C=O) groups excluding carboxylic acids is 1. The van der Waals surface area contributed by atoms with Gasteiger partial charge < -0.3 is 4.57 Å². The number of alkyl halides is 3. The molecule has 0 saturated carbocycles. The zero-order valence-electron chi connectivity index (χ0n) is 6.91. The molecule has 0 saturated heterocycles. The Morgan fingerprint density at radius 2 is 2.00 bits per heavy atom. The van der Waals surface area contributed by atoms with Crippen LogP contribution in [0.15, 0.2) is 23.1 Å². The Hall–Kier alpha value is -1.59. The van der Waals surface area contributed by atoms with E-state index in [4.69, 9.17) is 0 Å². The summed E-state index contributed by atoms with van der Waals surface area (Å²) in [5.41, 5.74) is -0.748. The normalized spacial score (nSPS) is 11.4. The highest BCUT2D eigenvalue weighted by atomic mass is 19.4. The van der Waals surface area contributed by atoms with Gasteiger partial charge in [-0.1, -0.05) is 0 Å². The van der Waals surface area contributed by atoms with Crippen molar-refractivity contribution in [1.82, 2.24) is 4.57 Å². The standard InChI is InChI=1S/C8H6F3NO2/c9-8(10,11)5-12-3-6(4-13)1-2-7(12)14/h1-4H,5H2. The molecule has 14 heavy (non-hydrogen) atoms. The molecule has 0 N–H and O–H groups in total. The molecular weight excluding hydrogens is 199 g/mol. The van der Waals surface area contributed by atoms with Gasteiger partial charge in [-0.3, -0.25) is 9.59 Å². The molecule has 0 atom stereocenters. The van der Waals surface area contributed by atoms with Gasteiger partial charge in [0, 0.05) is 17.8 Å².